The van der Waals surface area contributed by atoms with Crippen molar-refractivity contribution in [3.05, 3.63) is 0 Å². The topological polar surface area (TPSA) is 26.3 Å². The van der Waals surface area contributed by atoms with Crippen molar-refractivity contribution in [3.8, 4) is 0 Å². The molecule has 2 aliphatic heterocycles. The number of esters is 1. The molecule has 2 aliphatic rings. The van der Waals surface area contributed by atoms with Crippen LogP contribution in [0.3, 0.4) is 0 Å². The fourth-order valence-corrected chi connectivity index (χ4v) is 13.3. The third kappa shape index (κ3) is 6.37. The molecule has 0 aromatic carbocycles. The van der Waals surface area contributed by atoms with Crippen molar-refractivity contribution < 1.29 is 9.53 Å². The van der Waals surface area contributed by atoms with Crippen LogP contribution in [-0.4, -0.2) is 30.2 Å². The highest BCUT2D eigenvalue weighted by molar-refractivity contribution is 6.63. The number of unbranched alkanes of at least 4 members (excludes halogenated alkanes) is 2. The summed E-state index contributed by atoms with van der Waals surface area (Å²) < 4.78 is 5.49. The average Bonchev–Trinajstić information content (AvgIpc) is 2.60. The van der Waals surface area contributed by atoms with Gasteiger partial charge in [-0.2, -0.15) is 0 Å². The van der Waals surface area contributed by atoms with Crippen molar-refractivity contribution in [2.45, 2.75) is 101 Å². The molecule has 134 valence electrons. The zero-order valence-corrected chi connectivity index (χ0v) is 17.8. The van der Waals surface area contributed by atoms with E-state index in [4.69, 9.17) is 4.74 Å². The minimum atomic E-state index is -0.558. The van der Waals surface area contributed by atoms with Gasteiger partial charge in [0.05, 0.1) is 12.5 Å². The monoisotopic (exact) mass is 354 g/mol. The van der Waals surface area contributed by atoms with Gasteiger partial charge in [-0.1, -0.05) is 76.2 Å². The number of rotatable bonds is 8. The lowest BCUT2D eigenvalue weighted by Crippen LogP contribution is -2.33. The largest absolute Gasteiger partial charge is 0.465 e. The van der Waals surface area contributed by atoms with Crippen LogP contribution >= 0.6 is 0 Å². The SMILES string of the molecule is CCCCCOC(=O)C1CC[SiH]([C@H]2CC[Si@H](CCC)CC2)CC1. The Bertz CT molecular complexity index is 332. The van der Waals surface area contributed by atoms with Crippen LogP contribution in [0.2, 0.25) is 35.8 Å². The highest BCUT2D eigenvalue weighted by atomic mass is 28.3. The molecule has 0 N–H and O–H groups in total. The van der Waals surface area contributed by atoms with Crippen LogP contribution in [0.25, 0.3) is 0 Å². The molecule has 0 aromatic rings. The Morgan fingerprint density at radius 1 is 0.957 bits per heavy atom. The van der Waals surface area contributed by atoms with Crippen molar-refractivity contribution in [2.75, 3.05) is 6.61 Å². The molecule has 0 unspecified atom stereocenters. The standard InChI is InChI=1S/C19H38O2Si2/c1-3-5-6-11-21-19(20)17-7-15-23(16-8-17)18-9-13-22(12-4-2)14-10-18/h17-18,22-23H,3-16H2,1-2H3/t17?,18-,22-,23?. The summed E-state index contributed by atoms with van der Waals surface area (Å²) in [5.41, 5.74) is 1.12. The predicted octanol–water partition coefficient (Wildman–Crippen LogP) is 5.16. The van der Waals surface area contributed by atoms with Gasteiger partial charge < -0.3 is 4.74 Å². The molecule has 0 radical (unpaired) electrons. The van der Waals surface area contributed by atoms with Gasteiger partial charge in [-0.15, -0.1) is 0 Å². The van der Waals surface area contributed by atoms with Gasteiger partial charge in [-0.25, -0.2) is 0 Å². The van der Waals surface area contributed by atoms with E-state index in [-0.39, 0.29) is 20.7 Å². The van der Waals surface area contributed by atoms with Crippen LogP contribution in [0.5, 0.6) is 0 Å². The summed E-state index contributed by atoms with van der Waals surface area (Å²) in [5.74, 6) is 0.360. The lowest BCUT2D eigenvalue weighted by Gasteiger charge is -2.36. The molecule has 23 heavy (non-hydrogen) atoms. The van der Waals surface area contributed by atoms with Gasteiger partial charge in [0.25, 0.3) is 0 Å². The third-order valence-electron chi connectivity index (χ3n) is 6.35. The normalized spacial score (nSPS) is 31.7. The number of ether oxygens (including phenoxy) is 1. The molecule has 0 bridgehead atoms. The van der Waals surface area contributed by atoms with Crippen LogP contribution < -0.4 is 0 Å². The minimum absolute atomic E-state index is 0.118. The van der Waals surface area contributed by atoms with Crippen LogP contribution in [0.15, 0.2) is 0 Å². The fourth-order valence-electron chi connectivity index (χ4n) is 4.83. The van der Waals surface area contributed by atoms with Crippen molar-refractivity contribution in [3.63, 3.8) is 0 Å². The van der Waals surface area contributed by atoms with E-state index in [1.54, 1.807) is 31.0 Å². The summed E-state index contributed by atoms with van der Waals surface area (Å²) in [7, 11) is -0.877. The highest BCUT2D eigenvalue weighted by Crippen LogP contribution is 2.40. The van der Waals surface area contributed by atoms with E-state index in [0.717, 1.165) is 24.8 Å². The summed E-state index contributed by atoms with van der Waals surface area (Å²) in [6.45, 7) is 5.19. The van der Waals surface area contributed by atoms with Crippen LogP contribution in [-0.2, 0) is 9.53 Å². The average molecular weight is 355 g/mol. The van der Waals surface area contributed by atoms with Gasteiger partial charge in [0.2, 0.25) is 0 Å². The third-order valence-corrected chi connectivity index (χ3v) is 14.2. The first-order chi connectivity index (χ1) is 11.2. The lowest BCUT2D eigenvalue weighted by molar-refractivity contribution is -0.149. The second kappa shape index (κ2) is 10.7. The van der Waals surface area contributed by atoms with E-state index in [2.05, 4.69) is 13.8 Å². The Labute approximate surface area is 147 Å². The van der Waals surface area contributed by atoms with Gasteiger partial charge in [-0.3, -0.25) is 4.79 Å². The summed E-state index contributed by atoms with van der Waals surface area (Å²) >= 11 is 0. The van der Waals surface area contributed by atoms with E-state index >= 15 is 0 Å². The number of hydrogen-bond donors (Lipinski definition) is 0. The Kier molecular flexibility index (Phi) is 8.95. The highest BCUT2D eigenvalue weighted by Gasteiger charge is 2.34. The second-order valence-corrected chi connectivity index (χ2v) is 15.1. The maximum absolute atomic E-state index is 12.2. The Balaban J connectivity index is 1.63. The smallest absolute Gasteiger partial charge is 0.308 e. The van der Waals surface area contributed by atoms with Gasteiger partial charge >= 0.3 is 5.97 Å². The number of carbonyl (C=O) groups is 1. The molecule has 0 amide bonds. The summed E-state index contributed by atoms with van der Waals surface area (Å²) in [6.07, 6.45) is 10.3. The first-order valence-corrected chi connectivity index (χ1v) is 15.2. The van der Waals surface area contributed by atoms with Crippen LogP contribution in [0, 0.1) is 5.92 Å². The van der Waals surface area contributed by atoms with Gasteiger partial charge in [0.1, 0.15) is 0 Å². The van der Waals surface area contributed by atoms with Crippen molar-refractivity contribution in [1.29, 1.82) is 0 Å². The molecule has 0 atom stereocenters. The van der Waals surface area contributed by atoms with Gasteiger partial charge in [-0.05, 0) is 24.8 Å². The first kappa shape index (κ1) is 19.2. The molecule has 2 rings (SSSR count). The van der Waals surface area contributed by atoms with Gasteiger partial charge in [0.15, 0.2) is 0 Å². The first-order valence-electron chi connectivity index (χ1n) is 10.4. The Hall–Kier alpha value is -0.0962. The van der Waals surface area contributed by atoms with E-state index in [1.807, 2.05) is 0 Å². The number of carbonyl (C=O) groups excluding carboxylic acids is 1. The molecule has 2 nitrogen and oxygen atoms in total. The van der Waals surface area contributed by atoms with E-state index in [9.17, 15) is 4.79 Å². The molecular weight excluding hydrogens is 316 g/mol. The van der Waals surface area contributed by atoms with E-state index in [0.29, 0.717) is 6.61 Å². The predicted molar refractivity (Wildman–Crippen MR) is 105 cm³/mol. The molecule has 0 saturated carbocycles. The van der Waals surface area contributed by atoms with Crippen molar-refractivity contribution >= 4 is 23.6 Å². The maximum atomic E-state index is 12.2. The summed E-state index contributed by atoms with van der Waals surface area (Å²) in [5, 5.41) is 0. The molecule has 0 spiro atoms. The molecule has 2 saturated heterocycles. The Morgan fingerprint density at radius 2 is 1.65 bits per heavy atom. The van der Waals surface area contributed by atoms with Gasteiger partial charge in [0, 0.05) is 17.6 Å². The summed E-state index contributed by atoms with van der Waals surface area (Å²) in [6, 6.07) is 7.68. The molecule has 4 heteroatoms. The molecule has 0 aliphatic carbocycles. The quantitative estimate of drug-likeness (QED) is 0.342. The lowest BCUT2D eigenvalue weighted by atomic mass is 10.0. The molecule has 0 aromatic heterocycles. The molecular formula is C19H38O2Si2. The molecule has 2 fully saturated rings. The van der Waals surface area contributed by atoms with Crippen molar-refractivity contribution in [2.24, 2.45) is 5.92 Å². The Morgan fingerprint density at radius 3 is 2.26 bits per heavy atom. The van der Waals surface area contributed by atoms with E-state index in [1.165, 1.54) is 31.4 Å². The molecule has 2 heterocycles. The zero-order valence-electron chi connectivity index (χ0n) is 15.5. The minimum Gasteiger partial charge on any atom is -0.465 e. The number of hydrogen-bond acceptors (Lipinski definition) is 2. The van der Waals surface area contributed by atoms with Crippen LogP contribution in [0.4, 0.5) is 0 Å². The van der Waals surface area contributed by atoms with Crippen LogP contribution in [0.1, 0.15) is 65.2 Å². The second-order valence-electron chi connectivity index (χ2n) is 8.06. The maximum Gasteiger partial charge on any atom is 0.308 e. The summed E-state index contributed by atoms with van der Waals surface area (Å²) in [4.78, 5) is 12.2. The van der Waals surface area contributed by atoms with Crippen molar-refractivity contribution in [1.82, 2.24) is 0 Å². The van der Waals surface area contributed by atoms with E-state index < -0.39 is 8.80 Å². The fraction of sp³-hybridized carbons (Fsp3) is 0.947. The zero-order chi connectivity index (χ0) is 16.5.